The largest absolute Gasteiger partial charge is 0.340 e. The Kier molecular flexibility index (Phi) is 5.34. The van der Waals surface area contributed by atoms with Gasteiger partial charge in [0, 0.05) is 31.1 Å². The van der Waals surface area contributed by atoms with Gasteiger partial charge in [0.15, 0.2) is 0 Å². The molecule has 122 valence electrons. The Morgan fingerprint density at radius 1 is 1.24 bits per heavy atom. The molecule has 2 aliphatic heterocycles. The molecule has 0 saturated carbocycles. The second-order valence-electron chi connectivity index (χ2n) is 8.32. The average molecular weight is 294 g/mol. The van der Waals surface area contributed by atoms with Crippen molar-refractivity contribution < 1.29 is 4.79 Å². The molecule has 0 aromatic heterocycles. The second kappa shape index (κ2) is 6.68. The molecule has 0 aromatic carbocycles. The molecule has 2 rings (SSSR count). The summed E-state index contributed by atoms with van der Waals surface area (Å²) >= 11 is 0. The lowest BCUT2D eigenvalue weighted by Crippen LogP contribution is -2.51. The summed E-state index contributed by atoms with van der Waals surface area (Å²) < 4.78 is 0. The highest BCUT2D eigenvalue weighted by molar-refractivity contribution is 5.77. The number of rotatable bonds is 5. The van der Waals surface area contributed by atoms with Crippen LogP contribution in [0.1, 0.15) is 73.1 Å². The molecule has 2 fully saturated rings. The van der Waals surface area contributed by atoms with E-state index in [1.54, 1.807) is 0 Å². The highest BCUT2D eigenvalue weighted by atomic mass is 16.2. The van der Waals surface area contributed by atoms with Gasteiger partial charge in [-0.3, -0.25) is 4.79 Å². The van der Waals surface area contributed by atoms with E-state index in [9.17, 15) is 4.79 Å². The fraction of sp³-hybridized carbons (Fsp3) is 0.944. The van der Waals surface area contributed by atoms with Crippen molar-refractivity contribution >= 4 is 5.91 Å². The van der Waals surface area contributed by atoms with Crippen LogP contribution in [-0.4, -0.2) is 35.5 Å². The van der Waals surface area contributed by atoms with E-state index < -0.39 is 0 Å². The van der Waals surface area contributed by atoms with Crippen LogP contribution in [0.3, 0.4) is 0 Å². The minimum Gasteiger partial charge on any atom is -0.340 e. The van der Waals surface area contributed by atoms with Gasteiger partial charge < -0.3 is 10.2 Å². The van der Waals surface area contributed by atoms with Crippen LogP contribution in [0.25, 0.3) is 0 Å². The van der Waals surface area contributed by atoms with Gasteiger partial charge in [-0.05, 0) is 43.4 Å². The Morgan fingerprint density at radius 3 is 2.29 bits per heavy atom. The number of carbonyl (C=O) groups is 1. The number of nitrogens with one attached hydrogen (secondary N) is 1. The van der Waals surface area contributed by atoms with Crippen molar-refractivity contribution in [3.63, 3.8) is 0 Å². The van der Waals surface area contributed by atoms with E-state index in [1.165, 1.54) is 12.8 Å². The lowest BCUT2D eigenvalue weighted by molar-refractivity contribution is -0.136. The first-order valence-corrected chi connectivity index (χ1v) is 8.86. The summed E-state index contributed by atoms with van der Waals surface area (Å²) in [5, 5.41) is 3.68. The highest BCUT2D eigenvalue weighted by Gasteiger charge is 2.37. The molecule has 3 nitrogen and oxygen atoms in total. The molecule has 2 heterocycles. The van der Waals surface area contributed by atoms with Crippen LogP contribution in [0.15, 0.2) is 0 Å². The summed E-state index contributed by atoms with van der Waals surface area (Å²) in [6, 6.07) is 1.78. The third-order valence-electron chi connectivity index (χ3n) is 5.63. The van der Waals surface area contributed by atoms with Crippen LogP contribution < -0.4 is 5.32 Å². The van der Waals surface area contributed by atoms with Crippen LogP contribution in [0.2, 0.25) is 0 Å². The zero-order valence-electron chi connectivity index (χ0n) is 14.6. The van der Waals surface area contributed by atoms with Gasteiger partial charge in [0.2, 0.25) is 5.91 Å². The summed E-state index contributed by atoms with van der Waals surface area (Å²) in [5.74, 6) is 0.813. The van der Waals surface area contributed by atoms with Gasteiger partial charge in [-0.15, -0.1) is 0 Å². The molecular weight excluding hydrogens is 260 g/mol. The first-order chi connectivity index (χ1) is 9.81. The number of carbonyl (C=O) groups excluding carboxylic acids is 1. The Morgan fingerprint density at radius 2 is 1.81 bits per heavy atom. The summed E-state index contributed by atoms with van der Waals surface area (Å²) in [7, 11) is 0. The fourth-order valence-electron chi connectivity index (χ4n) is 3.72. The molecule has 21 heavy (non-hydrogen) atoms. The molecule has 2 saturated heterocycles. The number of nitrogens with zero attached hydrogens (tertiary/aromatic N) is 1. The van der Waals surface area contributed by atoms with Gasteiger partial charge in [-0.25, -0.2) is 0 Å². The molecule has 3 unspecified atom stereocenters. The normalized spacial score (nSPS) is 30.2. The van der Waals surface area contributed by atoms with Gasteiger partial charge in [0.05, 0.1) is 0 Å². The van der Waals surface area contributed by atoms with E-state index in [2.05, 4.69) is 44.8 Å². The van der Waals surface area contributed by atoms with E-state index in [-0.39, 0.29) is 5.41 Å². The van der Waals surface area contributed by atoms with Gasteiger partial charge >= 0.3 is 0 Å². The van der Waals surface area contributed by atoms with Crippen LogP contribution >= 0.6 is 0 Å². The maximum Gasteiger partial charge on any atom is 0.223 e. The molecular formula is C18H34N2O. The van der Waals surface area contributed by atoms with Crippen molar-refractivity contribution in [1.29, 1.82) is 0 Å². The maximum absolute atomic E-state index is 12.8. The molecule has 1 N–H and O–H groups in total. The van der Waals surface area contributed by atoms with E-state index >= 15 is 0 Å². The van der Waals surface area contributed by atoms with E-state index in [4.69, 9.17) is 0 Å². The molecule has 2 aliphatic rings. The summed E-state index contributed by atoms with van der Waals surface area (Å²) in [4.78, 5) is 15.0. The van der Waals surface area contributed by atoms with Crippen molar-refractivity contribution in [2.24, 2.45) is 11.3 Å². The maximum atomic E-state index is 12.8. The van der Waals surface area contributed by atoms with Gasteiger partial charge in [0.25, 0.3) is 0 Å². The molecule has 3 atom stereocenters. The van der Waals surface area contributed by atoms with Gasteiger partial charge in [-0.2, -0.15) is 0 Å². The average Bonchev–Trinajstić information content (AvgIpc) is 2.73. The molecule has 0 spiro atoms. The third-order valence-corrected chi connectivity index (χ3v) is 5.63. The number of amides is 1. The molecule has 2 bridgehead atoms. The molecule has 0 aliphatic carbocycles. The Hall–Kier alpha value is -0.570. The number of hydrogen-bond donors (Lipinski definition) is 1. The van der Waals surface area contributed by atoms with Crippen molar-refractivity contribution in [3.8, 4) is 0 Å². The first kappa shape index (κ1) is 16.8. The quantitative estimate of drug-likeness (QED) is 0.840. The van der Waals surface area contributed by atoms with Gasteiger partial charge in [0.1, 0.15) is 0 Å². The zero-order chi connectivity index (χ0) is 15.6. The highest BCUT2D eigenvalue weighted by Crippen LogP contribution is 2.32. The first-order valence-electron chi connectivity index (χ1n) is 8.86. The van der Waals surface area contributed by atoms with E-state index in [1.807, 2.05) is 0 Å². The number of piperidine rings is 1. The molecule has 1 amide bonds. The van der Waals surface area contributed by atoms with Crippen LogP contribution in [0.4, 0.5) is 0 Å². The summed E-state index contributed by atoms with van der Waals surface area (Å²) in [6.07, 6.45) is 6.68. The van der Waals surface area contributed by atoms with E-state index in [0.29, 0.717) is 36.4 Å². The molecule has 0 radical (unpaired) electrons. The standard InChI is InChI=1S/C18H34N2O/c1-6-9-20(17(21)10-13(2)18(3,4)5)16-11-14-7-8-15(12-16)19-14/h13-16,19H,6-12H2,1-5H3. The van der Waals surface area contributed by atoms with Crippen molar-refractivity contribution in [2.75, 3.05) is 6.54 Å². The predicted octanol–water partition coefficient (Wildman–Crippen LogP) is 3.58. The lowest BCUT2D eigenvalue weighted by atomic mass is 9.80. The Balaban J connectivity index is 1.99. The van der Waals surface area contributed by atoms with E-state index in [0.717, 1.165) is 25.8 Å². The monoisotopic (exact) mass is 294 g/mol. The molecule has 3 heteroatoms. The fourth-order valence-corrected chi connectivity index (χ4v) is 3.72. The molecule has 0 aromatic rings. The van der Waals surface area contributed by atoms with Crippen molar-refractivity contribution in [3.05, 3.63) is 0 Å². The number of hydrogen-bond acceptors (Lipinski definition) is 2. The summed E-state index contributed by atoms with van der Waals surface area (Å²) in [6.45, 7) is 12.0. The minimum atomic E-state index is 0.209. The minimum absolute atomic E-state index is 0.209. The summed E-state index contributed by atoms with van der Waals surface area (Å²) in [5.41, 5.74) is 0.209. The topological polar surface area (TPSA) is 32.3 Å². The lowest BCUT2D eigenvalue weighted by Gasteiger charge is -2.39. The van der Waals surface area contributed by atoms with Crippen molar-refractivity contribution in [2.45, 2.75) is 91.3 Å². The van der Waals surface area contributed by atoms with Crippen LogP contribution in [-0.2, 0) is 4.79 Å². The predicted molar refractivity (Wildman–Crippen MR) is 88.2 cm³/mol. The third kappa shape index (κ3) is 4.21. The van der Waals surface area contributed by atoms with Crippen LogP contribution in [0, 0.1) is 11.3 Å². The SMILES string of the molecule is CCCN(C(=O)CC(C)C(C)(C)C)C1CC2CCC(C1)N2. The zero-order valence-corrected chi connectivity index (χ0v) is 14.6. The van der Waals surface area contributed by atoms with Crippen molar-refractivity contribution in [1.82, 2.24) is 10.2 Å². The number of fused-ring (bicyclic) bond motifs is 2. The van der Waals surface area contributed by atoms with Gasteiger partial charge in [-0.1, -0.05) is 34.6 Å². The second-order valence-corrected chi connectivity index (χ2v) is 8.32. The Bertz CT molecular complexity index is 349. The van der Waals surface area contributed by atoms with Crippen LogP contribution in [0.5, 0.6) is 0 Å². The smallest absolute Gasteiger partial charge is 0.223 e. The Labute approximate surface area is 130 Å².